The van der Waals surface area contributed by atoms with Gasteiger partial charge < -0.3 is 15.4 Å². The van der Waals surface area contributed by atoms with Crippen molar-refractivity contribution in [3.63, 3.8) is 0 Å². The third-order valence-corrected chi connectivity index (χ3v) is 3.07. The summed E-state index contributed by atoms with van der Waals surface area (Å²) in [6.07, 6.45) is 0. The predicted octanol–water partition coefficient (Wildman–Crippen LogP) is 2.89. The maximum absolute atomic E-state index is 13.3. The summed E-state index contributed by atoms with van der Waals surface area (Å²) in [6.45, 7) is 0. The summed E-state index contributed by atoms with van der Waals surface area (Å²) in [5, 5.41) is 7.56. The van der Waals surface area contributed by atoms with Crippen molar-refractivity contribution in [2.45, 2.75) is 0 Å². The van der Waals surface area contributed by atoms with Crippen molar-refractivity contribution in [3.8, 4) is 5.75 Å². The molecule has 0 heterocycles. The molecule has 0 amide bonds. The summed E-state index contributed by atoms with van der Waals surface area (Å²) in [5.41, 5.74) is 7.44. The number of amidine groups is 1. The second-order valence-electron chi connectivity index (χ2n) is 4.33. The zero-order valence-corrected chi connectivity index (χ0v) is 11.4. The van der Waals surface area contributed by atoms with Crippen LogP contribution in [-0.2, 0) is 0 Å². The fourth-order valence-electron chi connectivity index (χ4n) is 1.96. The number of rotatable bonds is 4. The van der Waals surface area contributed by atoms with E-state index in [4.69, 9.17) is 15.9 Å². The Labute approximate surface area is 117 Å². The lowest BCUT2D eigenvalue weighted by molar-refractivity contribution is 0.415. The number of nitrogens with zero attached hydrogens (tertiary/aromatic N) is 1. The standard InChI is InChI=1S/C15H16FN3O/c1-19(11-4-6-12(20-2)7-5-11)14-8-3-10(16)9-13(14)15(17)18/h3-9H,1-2H3,(H3,17,18). The van der Waals surface area contributed by atoms with E-state index in [1.165, 1.54) is 12.1 Å². The molecule has 0 radical (unpaired) electrons. The van der Waals surface area contributed by atoms with Crippen molar-refractivity contribution in [2.24, 2.45) is 5.73 Å². The summed E-state index contributed by atoms with van der Waals surface area (Å²) in [7, 11) is 3.44. The monoisotopic (exact) mass is 273 g/mol. The fraction of sp³-hybridized carbons (Fsp3) is 0.133. The number of hydrogen-bond donors (Lipinski definition) is 2. The Bertz CT molecular complexity index is 626. The van der Waals surface area contributed by atoms with E-state index in [2.05, 4.69) is 0 Å². The van der Waals surface area contributed by atoms with Crippen LogP contribution in [0.2, 0.25) is 0 Å². The molecule has 2 aromatic carbocycles. The average molecular weight is 273 g/mol. The number of hydrogen-bond acceptors (Lipinski definition) is 3. The highest BCUT2D eigenvalue weighted by atomic mass is 19.1. The normalized spacial score (nSPS) is 10.2. The zero-order chi connectivity index (χ0) is 14.7. The molecule has 0 fully saturated rings. The van der Waals surface area contributed by atoms with E-state index < -0.39 is 5.82 Å². The molecule has 3 N–H and O–H groups in total. The first-order valence-corrected chi connectivity index (χ1v) is 6.04. The van der Waals surface area contributed by atoms with Gasteiger partial charge in [-0.15, -0.1) is 0 Å². The number of halogens is 1. The first-order chi connectivity index (χ1) is 9.52. The van der Waals surface area contributed by atoms with E-state index >= 15 is 0 Å². The van der Waals surface area contributed by atoms with Crippen LogP contribution in [0.1, 0.15) is 5.56 Å². The molecule has 0 bridgehead atoms. The number of benzene rings is 2. The minimum Gasteiger partial charge on any atom is -0.497 e. The molecule has 0 aliphatic heterocycles. The van der Waals surface area contributed by atoms with Gasteiger partial charge in [-0.3, -0.25) is 5.41 Å². The molecule has 2 aromatic rings. The second kappa shape index (κ2) is 5.61. The molecule has 2 rings (SSSR count). The molecule has 0 aliphatic rings. The van der Waals surface area contributed by atoms with E-state index in [0.717, 1.165) is 11.4 Å². The average Bonchev–Trinajstić information content (AvgIpc) is 2.46. The maximum atomic E-state index is 13.3. The van der Waals surface area contributed by atoms with Gasteiger partial charge in [-0.05, 0) is 42.5 Å². The second-order valence-corrected chi connectivity index (χ2v) is 4.33. The first kappa shape index (κ1) is 13.9. The number of methoxy groups -OCH3 is 1. The summed E-state index contributed by atoms with van der Waals surface area (Å²) >= 11 is 0. The Morgan fingerprint density at radius 2 is 1.85 bits per heavy atom. The molecule has 5 heteroatoms. The van der Waals surface area contributed by atoms with Crippen LogP contribution >= 0.6 is 0 Å². The lowest BCUT2D eigenvalue weighted by Gasteiger charge is -2.22. The van der Waals surface area contributed by atoms with Crippen LogP contribution in [0.5, 0.6) is 5.75 Å². The van der Waals surface area contributed by atoms with Gasteiger partial charge in [-0.25, -0.2) is 4.39 Å². The zero-order valence-electron chi connectivity index (χ0n) is 11.4. The molecule has 0 saturated carbocycles. The molecule has 4 nitrogen and oxygen atoms in total. The number of ether oxygens (including phenoxy) is 1. The highest BCUT2D eigenvalue weighted by Crippen LogP contribution is 2.28. The van der Waals surface area contributed by atoms with E-state index in [0.29, 0.717) is 11.3 Å². The highest BCUT2D eigenvalue weighted by molar-refractivity contribution is 6.01. The van der Waals surface area contributed by atoms with Crippen molar-refractivity contribution < 1.29 is 9.13 Å². The van der Waals surface area contributed by atoms with Crippen LogP contribution in [0.15, 0.2) is 42.5 Å². The number of nitrogen functional groups attached to an aromatic ring is 1. The van der Waals surface area contributed by atoms with Crippen LogP contribution < -0.4 is 15.4 Å². The Morgan fingerprint density at radius 1 is 1.20 bits per heavy atom. The summed E-state index contributed by atoms with van der Waals surface area (Å²) in [6, 6.07) is 11.7. The van der Waals surface area contributed by atoms with E-state index in [9.17, 15) is 4.39 Å². The Morgan fingerprint density at radius 3 is 2.40 bits per heavy atom. The minimum atomic E-state index is -0.415. The van der Waals surface area contributed by atoms with Gasteiger partial charge in [-0.1, -0.05) is 0 Å². The topological polar surface area (TPSA) is 62.3 Å². The molecule has 0 spiro atoms. The summed E-state index contributed by atoms with van der Waals surface area (Å²) < 4.78 is 18.4. The molecule has 104 valence electrons. The van der Waals surface area contributed by atoms with Gasteiger partial charge in [0.15, 0.2) is 0 Å². The number of nitrogens with one attached hydrogen (secondary N) is 1. The lowest BCUT2D eigenvalue weighted by Crippen LogP contribution is -2.18. The number of nitrogens with two attached hydrogens (primary N) is 1. The fourth-order valence-corrected chi connectivity index (χ4v) is 1.96. The Hall–Kier alpha value is -2.56. The van der Waals surface area contributed by atoms with Gasteiger partial charge in [0.1, 0.15) is 17.4 Å². The van der Waals surface area contributed by atoms with E-state index in [1.807, 2.05) is 36.2 Å². The van der Waals surface area contributed by atoms with Crippen molar-refractivity contribution in [2.75, 3.05) is 19.1 Å². The van der Waals surface area contributed by atoms with Crippen LogP contribution in [0.25, 0.3) is 0 Å². The number of anilines is 2. The van der Waals surface area contributed by atoms with E-state index in [-0.39, 0.29) is 5.84 Å². The van der Waals surface area contributed by atoms with Crippen LogP contribution in [0.4, 0.5) is 15.8 Å². The highest BCUT2D eigenvalue weighted by Gasteiger charge is 2.12. The largest absolute Gasteiger partial charge is 0.497 e. The molecular weight excluding hydrogens is 257 g/mol. The van der Waals surface area contributed by atoms with E-state index in [1.54, 1.807) is 13.2 Å². The third-order valence-electron chi connectivity index (χ3n) is 3.07. The first-order valence-electron chi connectivity index (χ1n) is 6.04. The van der Waals surface area contributed by atoms with Crippen molar-refractivity contribution in [3.05, 3.63) is 53.8 Å². The quantitative estimate of drug-likeness (QED) is 0.665. The smallest absolute Gasteiger partial charge is 0.125 e. The minimum absolute atomic E-state index is 0.167. The molecule has 0 aromatic heterocycles. The van der Waals surface area contributed by atoms with Gasteiger partial charge >= 0.3 is 0 Å². The van der Waals surface area contributed by atoms with Crippen LogP contribution in [0, 0.1) is 11.2 Å². The predicted molar refractivity (Wildman–Crippen MR) is 78.5 cm³/mol. The molecular formula is C15H16FN3O. The summed E-state index contributed by atoms with van der Waals surface area (Å²) in [5.74, 6) is 0.176. The van der Waals surface area contributed by atoms with Gasteiger partial charge in [0.05, 0.1) is 12.8 Å². The molecule has 0 aliphatic carbocycles. The van der Waals surface area contributed by atoms with Crippen molar-refractivity contribution in [1.29, 1.82) is 5.41 Å². The maximum Gasteiger partial charge on any atom is 0.125 e. The Balaban J connectivity index is 2.41. The SMILES string of the molecule is COc1ccc(N(C)c2ccc(F)cc2C(=N)N)cc1. The molecule has 20 heavy (non-hydrogen) atoms. The molecule has 0 atom stereocenters. The van der Waals surface area contributed by atoms with Crippen molar-refractivity contribution in [1.82, 2.24) is 0 Å². The van der Waals surface area contributed by atoms with Crippen LogP contribution in [-0.4, -0.2) is 20.0 Å². The van der Waals surface area contributed by atoms with Gasteiger partial charge in [0.25, 0.3) is 0 Å². The third kappa shape index (κ3) is 2.71. The van der Waals surface area contributed by atoms with Gasteiger partial charge in [-0.2, -0.15) is 0 Å². The lowest BCUT2D eigenvalue weighted by atomic mass is 10.1. The molecule has 0 saturated heterocycles. The van der Waals surface area contributed by atoms with Crippen molar-refractivity contribution >= 4 is 17.2 Å². The molecule has 0 unspecified atom stereocenters. The Kier molecular flexibility index (Phi) is 3.89. The summed E-state index contributed by atoms with van der Waals surface area (Å²) in [4.78, 5) is 1.84. The van der Waals surface area contributed by atoms with Crippen LogP contribution in [0.3, 0.4) is 0 Å². The van der Waals surface area contributed by atoms with Gasteiger partial charge in [0, 0.05) is 18.3 Å². The van der Waals surface area contributed by atoms with Gasteiger partial charge in [0.2, 0.25) is 0 Å².